The van der Waals surface area contributed by atoms with Crippen LogP contribution in [0.15, 0.2) is 24.5 Å². The minimum Gasteiger partial charge on any atom is -0.330 e. The van der Waals surface area contributed by atoms with Gasteiger partial charge in [-0.05, 0) is 37.4 Å². The minimum absolute atomic E-state index is 0.442. The normalized spacial score (nSPS) is 18.7. The molecule has 1 aromatic heterocycles. The van der Waals surface area contributed by atoms with Crippen LogP contribution in [0.5, 0.6) is 0 Å². The number of aromatic nitrogens is 1. The van der Waals surface area contributed by atoms with Crippen molar-refractivity contribution in [3.05, 3.63) is 24.5 Å². The van der Waals surface area contributed by atoms with Crippen molar-refractivity contribution in [2.75, 3.05) is 24.4 Å². The first-order valence-electron chi connectivity index (χ1n) is 6.00. The van der Waals surface area contributed by atoms with Gasteiger partial charge in [0.1, 0.15) is 0 Å². The number of nitrogens with one attached hydrogen (secondary N) is 1. The van der Waals surface area contributed by atoms with Gasteiger partial charge in [-0.25, -0.2) is 0 Å². The van der Waals surface area contributed by atoms with Crippen molar-refractivity contribution in [2.24, 2.45) is 11.7 Å². The Hall–Kier alpha value is -1.18. The molecule has 2 heterocycles. The smallest absolute Gasteiger partial charge is 0.301 e. The monoisotopic (exact) mass is 270 g/mol. The van der Waals surface area contributed by atoms with E-state index in [1.807, 2.05) is 0 Å². The largest absolute Gasteiger partial charge is 0.330 e. The highest BCUT2D eigenvalue weighted by Gasteiger charge is 2.27. The summed E-state index contributed by atoms with van der Waals surface area (Å²) >= 11 is 0. The number of anilines is 1. The van der Waals surface area contributed by atoms with E-state index in [-0.39, 0.29) is 0 Å². The molecule has 100 valence electrons. The van der Waals surface area contributed by atoms with E-state index in [0.29, 0.717) is 31.2 Å². The molecule has 1 aliphatic rings. The minimum atomic E-state index is -3.45. The number of rotatable bonds is 4. The Bertz CT molecular complexity index is 469. The highest BCUT2D eigenvalue weighted by Crippen LogP contribution is 2.19. The molecule has 0 radical (unpaired) electrons. The van der Waals surface area contributed by atoms with E-state index in [0.717, 1.165) is 12.8 Å². The van der Waals surface area contributed by atoms with E-state index < -0.39 is 10.2 Å². The molecule has 2 rings (SSSR count). The van der Waals surface area contributed by atoms with Crippen LogP contribution < -0.4 is 10.5 Å². The number of hydrogen-bond donors (Lipinski definition) is 2. The first-order valence-corrected chi connectivity index (χ1v) is 7.44. The summed E-state index contributed by atoms with van der Waals surface area (Å²) < 4.78 is 28.2. The number of nitrogens with zero attached hydrogens (tertiary/aromatic N) is 2. The summed E-state index contributed by atoms with van der Waals surface area (Å²) in [6.07, 6.45) is 4.76. The zero-order valence-corrected chi connectivity index (χ0v) is 10.9. The molecule has 1 saturated heterocycles. The molecule has 0 aromatic carbocycles. The standard InChI is InChI=1S/C11H18N4O2S/c12-9-10-3-7-15(8-4-10)18(16,17)14-11-1-5-13-6-2-11/h1-2,5-6,10H,3-4,7-9,12H2,(H,13,14). The Kier molecular flexibility index (Phi) is 4.15. The molecule has 3 N–H and O–H groups in total. The Morgan fingerprint density at radius 3 is 2.50 bits per heavy atom. The van der Waals surface area contributed by atoms with Crippen LogP contribution in [0.2, 0.25) is 0 Å². The molecule has 1 aromatic rings. The Morgan fingerprint density at radius 2 is 1.94 bits per heavy atom. The average Bonchev–Trinajstić information content (AvgIpc) is 2.39. The van der Waals surface area contributed by atoms with E-state index in [2.05, 4.69) is 9.71 Å². The summed E-state index contributed by atoms with van der Waals surface area (Å²) in [7, 11) is -3.45. The summed E-state index contributed by atoms with van der Waals surface area (Å²) in [5.41, 5.74) is 6.12. The number of pyridine rings is 1. The third-order valence-electron chi connectivity index (χ3n) is 3.17. The van der Waals surface area contributed by atoms with E-state index in [4.69, 9.17) is 5.73 Å². The van der Waals surface area contributed by atoms with E-state index in [9.17, 15) is 8.42 Å². The van der Waals surface area contributed by atoms with Gasteiger partial charge < -0.3 is 5.73 Å². The second kappa shape index (κ2) is 5.64. The predicted molar refractivity (Wildman–Crippen MR) is 70.1 cm³/mol. The summed E-state index contributed by atoms with van der Waals surface area (Å²) in [6, 6.07) is 3.26. The highest BCUT2D eigenvalue weighted by atomic mass is 32.2. The summed E-state index contributed by atoms with van der Waals surface area (Å²) in [5.74, 6) is 0.442. The molecule has 0 unspecified atom stereocenters. The highest BCUT2D eigenvalue weighted by molar-refractivity contribution is 7.90. The topological polar surface area (TPSA) is 88.3 Å². The van der Waals surface area contributed by atoms with Crippen molar-refractivity contribution in [3.63, 3.8) is 0 Å². The van der Waals surface area contributed by atoms with Crippen molar-refractivity contribution < 1.29 is 8.42 Å². The lowest BCUT2D eigenvalue weighted by Crippen LogP contribution is -2.42. The van der Waals surface area contributed by atoms with Gasteiger partial charge in [0.25, 0.3) is 0 Å². The van der Waals surface area contributed by atoms with Crippen molar-refractivity contribution >= 4 is 15.9 Å². The first kappa shape index (κ1) is 13.3. The molecule has 0 saturated carbocycles. The fraction of sp³-hybridized carbons (Fsp3) is 0.545. The van der Waals surface area contributed by atoms with Crippen LogP contribution in [-0.2, 0) is 10.2 Å². The van der Waals surface area contributed by atoms with Gasteiger partial charge in [0.05, 0.1) is 5.69 Å². The fourth-order valence-electron chi connectivity index (χ4n) is 2.02. The van der Waals surface area contributed by atoms with Crippen LogP contribution >= 0.6 is 0 Å². The summed E-state index contributed by atoms with van der Waals surface area (Å²) in [6.45, 7) is 1.69. The van der Waals surface area contributed by atoms with Gasteiger partial charge in [0, 0.05) is 25.5 Å². The van der Waals surface area contributed by atoms with Crippen molar-refractivity contribution in [2.45, 2.75) is 12.8 Å². The molecule has 0 atom stereocenters. The number of nitrogens with two attached hydrogens (primary N) is 1. The molecule has 1 aliphatic heterocycles. The molecule has 0 amide bonds. The van der Waals surface area contributed by atoms with Gasteiger partial charge in [0.2, 0.25) is 0 Å². The van der Waals surface area contributed by atoms with Crippen LogP contribution in [0.25, 0.3) is 0 Å². The van der Waals surface area contributed by atoms with Crippen molar-refractivity contribution in [3.8, 4) is 0 Å². The summed E-state index contributed by atoms with van der Waals surface area (Å²) in [5, 5.41) is 0. The Morgan fingerprint density at radius 1 is 1.33 bits per heavy atom. The predicted octanol–water partition coefficient (Wildman–Crippen LogP) is 0.409. The quantitative estimate of drug-likeness (QED) is 0.829. The van der Waals surface area contributed by atoms with Gasteiger partial charge in [-0.3, -0.25) is 9.71 Å². The van der Waals surface area contributed by atoms with Crippen LogP contribution in [0.1, 0.15) is 12.8 Å². The second-order valence-corrected chi connectivity index (χ2v) is 6.09. The molecule has 7 heteroatoms. The zero-order valence-electron chi connectivity index (χ0n) is 10.1. The Labute approximate surface area is 107 Å². The van der Waals surface area contributed by atoms with Crippen LogP contribution in [0.4, 0.5) is 5.69 Å². The van der Waals surface area contributed by atoms with E-state index in [1.54, 1.807) is 24.5 Å². The van der Waals surface area contributed by atoms with Crippen LogP contribution in [0, 0.1) is 5.92 Å². The van der Waals surface area contributed by atoms with E-state index in [1.165, 1.54) is 4.31 Å². The van der Waals surface area contributed by atoms with Gasteiger partial charge in [-0.15, -0.1) is 0 Å². The van der Waals surface area contributed by atoms with Gasteiger partial charge in [0.15, 0.2) is 0 Å². The number of piperidine rings is 1. The molecular formula is C11H18N4O2S. The zero-order chi connectivity index (χ0) is 13.0. The molecule has 1 fully saturated rings. The molecule has 0 aliphatic carbocycles. The SMILES string of the molecule is NCC1CCN(S(=O)(=O)Nc2ccncc2)CC1. The van der Waals surface area contributed by atoms with Gasteiger partial charge >= 0.3 is 10.2 Å². The lowest BCUT2D eigenvalue weighted by molar-refractivity contribution is 0.280. The van der Waals surface area contributed by atoms with Crippen LogP contribution in [0.3, 0.4) is 0 Å². The van der Waals surface area contributed by atoms with Gasteiger partial charge in [-0.1, -0.05) is 0 Å². The molecule has 6 nitrogen and oxygen atoms in total. The van der Waals surface area contributed by atoms with E-state index >= 15 is 0 Å². The summed E-state index contributed by atoms with van der Waals surface area (Å²) in [4.78, 5) is 3.85. The second-order valence-electron chi connectivity index (χ2n) is 4.42. The maximum Gasteiger partial charge on any atom is 0.301 e. The number of hydrogen-bond acceptors (Lipinski definition) is 4. The molecule has 18 heavy (non-hydrogen) atoms. The van der Waals surface area contributed by atoms with Gasteiger partial charge in [-0.2, -0.15) is 12.7 Å². The average molecular weight is 270 g/mol. The molecule has 0 spiro atoms. The first-order chi connectivity index (χ1) is 8.62. The van der Waals surface area contributed by atoms with Crippen molar-refractivity contribution in [1.29, 1.82) is 0 Å². The third kappa shape index (κ3) is 3.18. The molecular weight excluding hydrogens is 252 g/mol. The third-order valence-corrected chi connectivity index (χ3v) is 4.71. The van der Waals surface area contributed by atoms with Crippen molar-refractivity contribution in [1.82, 2.24) is 9.29 Å². The lowest BCUT2D eigenvalue weighted by Gasteiger charge is -2.30. The van der Waals surface area contributed by atoms with Crippen LogP contribution in [-0.4, -0.2) is 37.3 Å². The lowest BCUT2D eigenvalue weighted by atomic mass is 9.99. The Balaban J connectivity index is 2.00. The molecule has 0 bridgehead atoms. The maximum atomic E-state index is 12.1. The maximum absolute atomic E-state index is 12.1. The fourth-order valence-corrected chi connectivity index (χ4v) is 3.27.